The van der Waals surface area contributed by atoms with E-state index >= 15 is 0 Å². The summed E-state index contributed by atoms with van der Waals surface area (Å²) in [5.41, 5.74) is 8.25. The molecule has 0 bridgehead atoms. The highest BCUT2D eigenvalue weighted by Crippen LogP contribution is 2.25. The Morgan fingerprint density at radius 3 is 2.42 bits per heavy atom. The topological polar surface area (TPSA) is 57.8 Å². The molecule has 2 aromatic rings. The molecule has 1 fully saturated rings. The number of thiazole rings is 1. The number of hydrogen-bond donors (Lipinski definition) is 1. The normalized spacial score (nSPS) is 16.2. The lowest BCUT2D eigenvalue weighted by Gasteiger charge is -2.36. The summed E-state index contributed by atoms with van der Waals surface area (Å²) in [5.74, 6) is 0.356. The molecule has 2 heterocycles. The van der Waals surface area contributed by atoms with Gasteiger partial charge in [0.25, 0.3) is 0 Å². The quantitative estimate of drug-likeness (QED) is 0.661. The number of nitrogens with two attached hydrogens (primary N) is 1. The van der Waals surface area contributed by atoms with Gasteiger partial charge in [0.05, 0.1) is 17.2 Å². The third-order valence-electron chi connectivity index (χ3n) is 4.39. The molecule has 0 atom stereocenters. The fraction of sp³-hybridized carbons (Fsp3) is 0.474. The van der Waals surface area contributed by atoms with Crippen molar-refractivity contribution in [3.63, 3.8) is 0 Å². The maximum absolute atomic E-state index is 13.0. The van der Waals surface area contributed by atoms with Crippen LogP contribution in [0.4, 0.5) is 10.1 Å². The number of benzene rings is 1. The molecule has 0 amide bonds. The second kappa shape index (κ2) is 7.61. The highest BCUT2D eigenvalue weighted by Gasteiger charge is 2.20. The summed E-state index contributed by atoms with van der Waals surface area (Å²) in [7, 11) is 0. The zero-order chi connectivity index (χ0) is 18.7. The van der Waals surface area contributed by atoms with Crippen LogP contribution in [0.15, 0.2) is 34.6 Å². The van der Waals surface area contributed by atoms with Crippen LogP contribution in [0.25, 0.3) is 0 Å². The van der Waals surface area contributed by atoms with Gasteiger partial charge in [0.15, 0.2) is 5.96 Å². The Kier molecular flexibility index (Phi) is 5.46. The number of hydrogen-bond acceptors (Lipinski definition) is 4. The Morgan fingerprint density at radius 1 is 1.19 bits per heavy atom. The third kappa shape index (κ3) is 4.52. The van der Waals surface area contributed by atoms with Crippen LogP contribution in [0.3, 0.4) is 0 Å². The summed E-state index contributed by atoms with van der Waals surface area (Å²) in [6.45, 7) is 10.3. The monoisotopic (exact) mass is 375 g/mol. The molecule has 0 radical (unpaired) electrons. The van der Waals surface area contributed by atoms with Gasteiger partial charge in [-0.2, -0.15) is 0 Å². The van der Waals surface area contributed by atoms with Crippen molar-refractivity contribution in [2.24, 2.45) is 10.7 Å². The van der Waals surface area contributed by atoms with E-state index in [0.29, 0.717) is 12.5 Å². The van der Waals surface area contributed by atoms with Crippen LogP contribution in [0.2, 0.25) is 0 Å². The van der Waals surface area contributed by atoms with Crippen molar-refractivity contribution >= 4 is 23.0 Å². The summed E-state index contributed by atoms with van der Waals surface area (Å²) in [6, 6.07) is 6.63. The number of guanidine groups is 1. The van der Waals surface area contributed by atoms with Gasteiger partial charge in [-0.15, -0.1) is 11.3 Å². The fourth-order valence-electron chi connectivity index (χ4n) is 2.83. The molecule has 1 aromatic carbocycles. The Morgan fingerprint density at radius 2 is 1.85 bits per heavy atom. The van der Waals surface area contributed by atoms with Gasteiger partial charge in [0, 0.05) is 42.7 Å². The summed E-state index contributed by atoms with van der Waals surface area (Å²) in [4.78, 5) is 13.5. The molecule has 1 aliphatic heterocycles. The zero-order valence-electron chi connectivity index (χ0n) is 15.6. The SMILES string of the molecule is CC(C)(C)c1nc(CN=C(N)N2CCN(c3ccc(F)cc3)CC2)cs1. The summed E-state index contributed by atoms with van der Waals surface area (Å²) in [5, 5.41) is 3.18. The molecule has 0 unspecified atom stereocenters. The van der Waals surface area contributed by atoms with Crippen LogP contribution in [-0.2, 0) is 12.0 Å². The van der Waals surface area contributed by atoms with E-state index in [2.05, 4.69) is 45.9 Å². The molecule has 5 nitrogen and oxygen atoms in total. The zero-order valence-corrected chi connectivity index (χ0v) is 16.4. The van der Waals surface area contributed by atoms with Crippen LogP contribution in [0.1, 0.15) is 31.5 Å². The average molecular weight is 376 g/mol. The Balaban J connectivity index is 1.54. The lowest BCUT2D eigenvalue weighted by molar-refractivity contribution is 0.380. The van der Waals surface area contributed by atoms with E-state index in [9.17, 15) is 4.39 Å². The lowest BCUT2D eigenvalue weighted by atomic mass is 9.98. The summed E-state index contributed by atoms with van der Waals surface area (Å²) in [6.07, 6.45) is 0. The Labute approximate surface area is 158 Å². The number of halogens is 1. The summed E-state index contributed by atoms with van der Waals surface area (Å²) >= 11 is 1.67. The van der Waals surface area contributed by atoms with E-state index in [0.717, 1.165) is 42.6 Å². The van der Waals surface area contributed by atoms with E-state index in [-0.39, 0.29) is 11.2 Å². The van der Waals surface area contributed by atoms with Gasteiger partial charge in [-0.25, -0.2) is 14.4 Å². The molecule has 7 heteroatoms. The molecule has 2 N–H and O–H groups in total. The van der Waals surface area contributed by atoms with Crippen LogP contribution < -0.4 is 10.6 Å². The average Bonchev–Trinajstić information content (AvgIpc) is 3.10. The number of aromatic nitrogens is 1. The maximum Gasteiger partial charge on any atom is 0.191 e. The number of anilines is 1. The van der Waals surface area contributed by atoms with Gasteiger partial charge < -0.3 is 15.5 Å². The lowest BCUT2D eigenvalue weighted by Crippen LogP contribution is -2.51. The largest absolute Gasteiger partial charge is 0.370 e. The van der Waals surface area contributed by atoms with E-state index < -0.39 is 0 Å². The highest BCUT2D eigenvalue weighted by atomic mass is 32.1. The molecule has 140 valence electrons. The smallest absolute Gasteiger partial charge is 0.191 e. The van der Waals surface area contributed by atoms with Crippen LogP contribution in [0.5, 0.6) is 0 Å². The molecule has 0 aliphatic carbocycles. The van der Waals surface area contributed by atoms with Gasteiger partial charge >= 0.3 is 0 Å². The first-order chi connectivity index (χ1) is 12.3. The van der Waals surface area contributed by atoms with E-state index in [1.165, 1.54) is 12.1 Å². The van der Waals surface area contributed by atoms with Crippen molar-refractivity contribution < 1.29 is 4.39 Å². The first-order valence-electron chi connectivity index (χ1n) is 8.83. The third-order valence-corrected chi connectivity index (χ3v) is 5.71. The first kappa shape index (κ1) is 18.6. The molecule has 1 saturated heterocycles. The molecular formula is C19H26FN5S. The second-order valence-corrected chi connectivity index (χ2v) is 8.38. The van der Waals surface area contributed by atoms with E-state index in [1.807, 2.05) is 12.1 Å². The van der Waals surface area contributed by atoms with Crippen molar-refractivity contribution in [2.45, 2.75) is 32.7 Å². The first-order valence-corrected chi connectivity index (χ1v) is 9.71. The van der Waals surface area contributed by atoms with Gasteiger partial charge in [0.2, 0.25) is 0 Å². The van der Waals surface area contributed by atoms with Crippen molar-refractivity contribution in [1.29, 1.82) is 0 Å². The molecular weight excluding hydrogens is 349 g/mol. The number of rotatable bonds is 3. The van der Waals surface area contributed by atoms with Gasteiger partial charge in [-0.05, 0) is 24.3 Å². The minimum absolute atomic E-state index is 0.0643. The van der Waals surface area contributed by atoms with Crippen molar-refractivity contribution in [3.8, 4) is 0 Å². The number of nitrogens with zero attached hydrogens (tertiary/aromatic N) is 4. The minimum atomic E-state index is -0.208. The van der Waals surface area contributed by atoms with Gasteiger partial charge in [-0.1, -0.05) is 20.8 Å². The minimum Gasteiger partial charge on any atom is -0.370 e. The Hall–Kier alpha value is -2.15. The Bertz CT molecular complexity index is 755. The molecule has 0 spiro atoms. The second-order valence-electron chi connectivity index (χ2n) is 7.52. The summed E-state index contributed by atoms with van der Waals surface area (Å²) < 4.78 is 13.0. The van der Waals surface area contributed by atoms with Gasteiger partial charge in [0.1, 0.15) is 5.82 Å². The fourth-order valence-corrected chi connectivity index (χ4v) is 3.73. The molecule has 3 rings (SSSR count). The number of aliphatic imine (C=N–C) groups is 1. The van der Waals surface area contributed by atoms with E-state index in [4.69, 9.17) is 5.73 Å². The molecule has 0 saturated carbocycles. The molecule has 1 aromatic heterocycles. The van der Waals surface area contributed by atoms with Crippen molar-refractivity contribution in [3.05, 3.63) is 46.2 Å². The van der Waals surface area contributed by atoms with Gasteiger partial charge in [-0.3, -0.25) is 0 Å². The maximum atomic E-state index is 13.0. The van der Waals surface area contributed by atoms with Crippen molar-refractivity contribution in [2.75, 3.05) is 31.1 Å². The van der Waals surface area contributed by atoms with Crippen LogP contribution >= 0.6 is 11.3 Å². The predicted octanol–water partition coefficient (Wildman–Crippen LogP) is 3.22. The van der Waals surface area contributed by atoms with E-state index in [1.54, 1.807) is 11.3 Å². The van der Waals surface area contributed by atoms with Crippen LogP contribution in [0, 0.1) is 5.82 Å². The number of piperazine rings is 1. The van der Waals surface area contributed by atoms with Crippen LogP contribution in [-0.4, -0.2) is 42.0 Å². The standard InChI is InChI=1S/C19H26FN5S/c1-19(2,3)17-23-15(13-26-17)12-22-18(21)25-10-8-24(9-11-25)16-6-4-14(20)5-7-16/h4-7,13H,8-12H2,1-3H3,(H2,21,22). The molecule has 26 heavy (non-hydrogen) atoms. The predicted molar refractivity (Wildman–Crippen MR) is 106 cm³/mol. The van der Waals surface area contributed by atoms with Crippen molar-refractivity contribution in [1.82, 2.24) is 9.88 Å². The molecule has 1 aliphatic rings. The highest BCUT2D eigenvalue weighted by molar-refractivity contribution is 7.09.